The van der Waals surface area contributed by atoms with Gasteiger partial charge < -0.3 is 15.4 Å². The summed E-state index contributed by atoms with van der Waals surface area (Å²) < 4.78 is 5.45. The molecule has 1 aliphatic carbocycles. The first-order chi connectivity index (χ1) is 14.9. The van der Waals surface area contributed by atoms with Gasteiger partial charge in [-0.3, -0.25) is 4.79 Å². The van der Waals surface area contributed by atoms with Gasteiger partial charge in [-0.25, -0.2) is 4.98 Å². The lowest BCUT2D eigenvalue weighted by molar-refractivity contribution is 0.0911. The Morgan fingerprint density at radius 3 is 2.42 bits per heavy atom. The van der Waals surface area contributed by atoms with E-state index in [4.69, 9.17) is 14.7 Å². The fraction of sp³-hybridized carbons (Fsp3) is 0.320. The number of aryl methyl sites for hydroxylation is 1. The number of hydrogen-bond donors (Lipinski definition) is 2. The topological polar surface area (TPSA) is 76.1 Å². The summed E-state index contributed by atoms with van der Waals surface area (Å²) in [6.45, 7) is 6.31. The van der Waals surface area contributed by atoms with E-state index in [1.54, 1.807) is 7.11 Å². The Kier molecular flexibility index (Phi) is 5.63. The van der Waals surface area contributed by atoms with Crippen molar-refractivity contribution in [2.45, 2.75) is 40.0 Å². The second-order valence-corrected chi connectivity index (χ2v) is 8.62. The van der Waals surface area contributed by atoms with Gasteiger partial charge in [0.25, 0.3) is 0 Å². The molecule has 3 aromatic rings. The summed E-state index contributed by atoms with van der Waals surface area (Å²) in [7, 11) is 1.63. The number of nitrogens with zero attached hydrogens (tertiary/aromatic N) is 2. The van der Waals surface area contributed by atoms with E-state index in [1.807, 2.05) is 42.5 Å². The number of rotatable bonds is 6. The molecule has 160 valence electrons. The van der Waals surface area contributed by atoms with Crippen LogP contribution in [0.25, 0.3) is 0 Å². The lowest BCUT2D eigenvalue weighted by Crippen LogP contribution is -2.29. The molecule has 6 heteroatoms. The number of hydrogen-bond acceptors (Lipinski definition) is 6. The van der Waals surface area contributed by atoms with Crippen LogP contribution < -0.4 is 15.4 Å². The molecule has 1 aliphatic rings. The molecule has 31 heavy (non-hydrogen) atoms. The molecule has 0 bridgehead atoms. The molecule has 0 unspecified atom stereocenters. The molecule has 0 atom stereocenters. The summed E-state index contributed by atoms with van der Waals surface area (Å²) in [6, 6.07) is 15.7. The molecule has 4 rings (SSSR count). The smallest absolute Gasteiger partial charge is 0.229 e. The quantitative estimate of drug-likeness (QED) is 0.538. The van der Waals surface area contributed by atoms with Crippen molar-refractivity contribution in [3.8, 4) is 5.75 Å². The Bertz CT molecular complexity index is 1120. The normalized spacial score (nSPS) is 14.6. The minimum atomic E-state index is -0.140. The van der Waals surface area contributed by atoms with Crippen molar-refractivity contribution >= 4 is 28.9 Å². The number of para-hydroxylation sites is 3. The first-order valence-corrected chi connectivity index (χ1v) is 10.6. The highest BCUT2D eigenvalue weighted by atomic mass is 16.5. The van der Waals surface area contributed by atoms with E-state index < -0.39 is 0 Å². The zero-order valence-corrected chi connectivity index (χ0v) is 18.5. The van der Waals surface area contributed by atoms with Crippen LogP contribution in [0.2, 0.25) is 0 Å². The Hall–Kier alpha value is -3.41. The average Bonchev–Trinajstić information content (AvgIpc) is 2.73. The molecule has 0 spiro atoms. The van der Waals surface area contributed by atoms with E-state index in [1.165, 1.54) is 0 Å². The Balaban J connectivity index is 1.81. The van der Waals surface area contributed by atoms with Crippen LogP contribution in [0.15, 0.2) is 48.5 Å². The molecule has 2 aromatic carbocycles. The summed E-state index contributed by atoms with van der Waals surface area (Å²) in [5.74, 6) is 1.76. The zero-order chi connectivity index (χ0) is 22.0. The minimum absolute atomic E-state index is 0.0755. The lowest BCUT2D eigenvalue weighted by Gasteiger charge is -2.30. The van der Waals surface area contributed by atoms with Gasteiger partial charge in [-0.2, -0.15) is 4.98 Å². The maximum absolute atomic E-state index is 13.1. The van der Waals surface area contributed by atoms with E-state index in [9.17, 15) is 4.79 Å². The van der Waals surface area contributed by atoms with Crippen LogP contribution in [0.1, 0.15) is 48.8 Å². The van der Waals surface area contributed by atoms with Gasteiger partial charge >= 0.3 is 0 Å². The number of methoxy groups -OCH3 is 1. The van der Waals surface area contributed by atoms with Gasteiger partial charge in [0.15, 0.2) is 5.78 Å². The van der Waals surface area contributed by atoms with E-state index in [0.717, 1.165) is 29.1 Å². The third kappa shape index (κ3) is 4.38. The summed E-state index contributed by atoms with van der Waals surface area (Å²) in [5.41, 5.74) is 4.11. The summed E-state index contributed by atoms with van der Waals surface area (Å²) in [6.07, 6.45) is 2.07. The van der Waals surface area contributed by atoms with Crippen LogP contribution in [-0.4, -0.2) is 22.9 Å². The van der Waals surface area contributed by atoms with Gasteiger partial charge in [-0.05, 0) is 42.0 Å². The maximum atomic E-state index is 13.1. The van der Waals surface area contributed by atoms with Crippen LogP contribution in [-0.2, 0) is 12.8 Å². The molecule has 0 fully saturated rings. The van der Waals surface area contributed by atoms with Gasteiger partial charge in [0.2, 0.25) is 5.95 Å². The highest BCUT2D eigenvalue weighted by Gasteiger charge is 2.35. The molecule has 6 nitrogen and oxygen atoms in total. The second-order valence-electron chi connectivity index (χ2n) is 8.62. The fourth-order valence-corrected chi connectivity index (χ4v) is 4.06. The van der Waals surface area contributed by atoms with Crippen molar-refractivity contribution in [3.05, 3.63) is 65.4 Å². The minimum Gasteiger partial charge on any atom is -0.495 e. The fourth-order valence-electron chi connectivity index (χ4n) is 4.06. The molecule has 1 heterocycles. The number of anilines is 4. The third-order valence-electron chi connectivity index (χ3n) is 5.55. The first kappa shape index (κ1) is 20.8. The van der Waals surface area contributed by atoms with Crippen LogP contribution in [0.3, 0.4) is 0 Å². The van der Waals surface area contributed by atoms with Crippen molar-refractivity contribution in [2.75, 3.05) is 17.7 Å². The van der Waals surface area contributed by atoms with E-state index >= 15 is 0 Å². The SMILES string of the molecule is CCc1ccccc1Nc1nc(Nc2ccccc2OC)nc2c1C(=O)CC(C)(C)C2. The van der Waals surface area contributed by atoms with Gasteiger partial charge in [0.05, 0.1) is 24.1 Å². The number of carbonyl (C=O) groups excluding carboxylic acids is 1. The van der Waals surface area contributed by atoms with Gasteiger partial charge in [0, 0.05) is 12.1 Å². The number of benzene rings is 2. The number of ketones is 1. The van der Waals surface area contributed by atoms with Crippen molar-refractivity contribution < 1.29 is 9.53 Å². The Morgan fingerprint density at radius 1 is 0.968 bits per heavy atom. The molecule has 0 saturated heterocycles. The number of nitrogens with one attached hydrogen (secondary N) is 2. The molecular weight excluding hydrogens is 388 g/mol. The van der Waals surface area contributed by atoms with E-state index in [-0.39, 0.29) is 11.2 Å². The molecule has 0 amide bonds. The first-order valence-electron chi connectivity index (χ1n) is 10.6. The van der Waals surface area contributed by atoms with Crippen LogP contribution in [0.5, 0.6) is 5.75 Å². The van der Waals surface area contributed by atoms with Crippen LogP contribution in [0.4, 0.5) is 23.1 Å². The third-order valence-corrected chi connectivity index (χ3v) is 5.55. The zero-order valence-electron chi connectivity index (χ0n) is 18.5. The number of aromatic nitrogens is 2. The van der Waals surface area contributed by atoms with Crippen molar-refractivity contribution in [2.24, 2.45) is 5.41 Å². The number of fused-ring (bicyclic) bond motifs is 1. The monoisotopic (exact) mass is 416 g/mol. The molecule has 0 aliphatic heterocycles. The van der Waals surface area contributed by atoms with Gasteiger partial charge in [-0.1, -0.05) is 51.1 Å². The molecule has 1 aromatic heterocycles. The highest BCUT2D eigenvalue weighted by Crippen LogP contribution is 2.38. The molecule has 2 N–H and O–H groups in total. The predicted molar refractivity (Wildman–Crippen MR) is 124 cm³/mol. The largest absolute Gasteiger partial charge is 0.495 e. The molecule has 0 radical (unpaired) electrons. The molecule has 0 saturated carbocycles. The van der Waals surface area contributed by atoms with Crippen molar-refractivity contribution in [1.82, 2.24) is 9.97 Å². The number of ether oxygens (including phenoxy) is 1. The van der Waals surface area contributed by atoms with Gasteiger partial charge in [0.1, 0.15) is 11.6 Å². The van der Waals surface area contributed by atoms with Crippen molar-refractivity contribution in [1.29, 1.82) is 0 Å². The highest BCUT2D eigenvalue weighted by molar-refractivity contribution is 6.03. The number of Topliss-reactive ketones (excluding diaryl/α,β-unsaturated/α-hetero) is 1. The van der Waals surface area contributed by atoms with Crippen LogP contribution >= 0.6 is 0 Å². The maximum Gasteiger partial charge on any atom is 0.229 e. The standard InChI is InChI=1S/C25H28N4O2/c1-5-16-10-6-7-11-17(16)26-23-22-19(14-25(2,3)15-20(22)30)28-24(29-23)27-18-12-8-9-13-21(18)31-4/h6-13H,5,14-15H2,1-4H3,(H2,26,27,28,29). The Labute approximate surface area is 183 Å². The average molecular weight is 417 g/mol. The summed E-state index contributed by atoms with van der Waals surface area (Å²) in [5, 5.41) is 6.69. The second kappa shape index (κ2) is 8.38. The van der Waals surface area contributed by atoms with E-state index in [0.29, 0.717) is 35.9 Å². The van der Waals surface area contributed by atoms with Crippen molar-refractivity contribution in [3.63, 3.8) is 0 Å². The lowest BCUT2D eigenvalue weighted by atomic mass is 9.75. The predicted octanol–water partition coefficient (Wildman–Crippen LogP) is 5.69. The summed E-state index contributed by atoms with van der Waals surface area (Å²) in [4.78, 5) is 22.5. The van der Waals surface area contributed by atoms with Gasteiger partial charge in [-0.15, -0.1) is 0 Å². The van der Waals surface area contributed by atoms with E-state index in [2.05, 4.69) is 37.5 Å². The molecular formula is C25H28N4O2. The van der Waals surface area contributed by atoms with Crippen LogP contribution in [0, 0.1) is 5.41 Å². The number of carbonyl (C=O) groups is 1. The summed E-state index contributed by atoms with van der Waals surface area (Å²) >= 11 is 0. The Morgan fingerprint density at radius 2 is 1.68 bits per heavy atom.